The van der Waals surface area contributed by atoms with E-state index in [-0.39, 0.29) is 25.6 Å². The highest BCUT2D eigenvalue weighted by Crippen LogP contribution is 2.43. The van der Waals surface area contributed by atoms with E-state index < -0.39 is 51.8 Å². The van der Waals surface area contributed by atoms with Crippen molar-refractivity contribution in [3.8, 4) is 0 Å². The van der Waals surface area contributed by atoms with E-state index in [1.807, 2.05) is 18.2 Å². The second kappa shape index (κ2) is 39.4. The molecule has 0 aromatic carbocycles. The molecule has 0 saturated heterocycles. The summed E-state index contributed by atoms with van der Waals surface area (Å²) in [5, 5.41) is 28.1. The van der Waals surface area contributed by atoms with Gasteiger partial charge in [-0.05, 0) is 57.3 Å². The number of phosphoric acid groups is 1. The Kier molecular flexibility index (Phi) is 37.9. The van der Waals surface area contributed by atoms with Gasteiger partial charge in [0, 0.05) is 12.8 Å². The highest BCUT2D eigenvalue weighted by atomic mass is 31.2. The number of aliphatic hydroxyl groups excluding tert-OH is 3. The molecular formula is C45H81O11P. The molecule has 0 aliphatic carbocycles. The lowest BCUT2D eigenvalue weighted by molar-refractivity contribution is -0.161. The Morgan fingerprint density at radius 3 is 1.63 bits per heavy atom. The zero-order valence-corrected chi connectivity index (χ0v) is 36.7. The van der Waals surface area contributed by atoms with Gasteiger partial charge in [-0.15, -0.1) is 0 Å². The molecule has 0 aliphatic heterocycles. The van der Waals surface area contributed by atoms with Crippen LogP contribution in [0.2, 0.25) is 0 Å². The summed E-state index contributed by atoms with van der Waals surface area (Å²) in [5.74, 6) is -0.198. The van der Waals surface area contributed by atoms with Gasteiger partial charge < -0.3 is 29.7 Å². The molecule has 0 radical (unpaired) electrons. The lowest BCUT2D eigenvalue weighted by Crippen LogP contribution is -2.29. The van der Waals surface area contributed by atoms with Crippen molar-refractivity contribution < 1.29 is 52.9 Å². The zero-order valence-electron chi connectivity index (χ0n) is 35.8. The van der Waals surface area contributed by atoms with Crippen LogP contribution in [-0.4, -0.2) is 76.9 Å². The summed E-state index contributed by atoms with van der Waals surface area (Å²) in [6.07, 6.45) is 37.2. The molecule has 12 heteroatoms. The van der Waals surface area contributed by atoms with E-state index in [0.717, 1.165) is 57.3 Å². The van der Waals surface area contributed by atoms with Crippen LogP contribution in [0.25, 0.3) is 0 Å². The minimum absolute atomic E-state index is 0.0932. The fraction of sp³-hybridized carbons (Fsp3) is 0.778. The van der Waals surface area contributed by atoms with Crippen molar-refractivity contribution in [2.24, 2.45) is 5.92 Å². The van der Waals surface area contributed by atoms with Gasteiger partial charge in [0.1, 0.15) is 12.7 Å². The average Bonchev–Trinajstić information content (AvgIpc) is 3.17. The molecule has 332 valence electrons. The van der Waals surface area contributed by atoms with Crippen molar-refractivity contribution in [2.45, 2.75) is 193 Å². The molecule has 0 aromatic rings. The van der Waals surface area contributed by atoms with Crippen LogP contribution in [0.3, 0.4) is 0 Å². The van der Waals surface area contributed by atoms with Gasteiger partial charge in [0.15, 0.2) is 6.10 Å². The molecule has 0 fully saturated rings. The highest BCUT2D eigenvalue weighted by molar-refractivity contribution is 7.47. The third-order valence-electron chi connectivity index (χ3n) is 9.22. The van der Waals surface area contributed by atoms with Crippen molar-refractivity contribution in [2.75, 3.05) is 26.4 Å². The first-order valence-electron chi connectivity index (χ1n) is 22.0. The molecule has 0 bridgehead atoms. The van der Waals surface area contributed by atoms with Crippen LogP contribution in [0.4, 0.5) is 0 Å². The van der Waals surface area contributed by atoms with E-state index in [1.54, 1.807) is 0 Å². The predicted molar refractivity (Wildman–Crippen MR) is 230 cm³/mol. The van der Waals surface area contributed by atoms with Crippen LogP contribution in [-0.2, 0) is 32.7 Å². The van der Waals surface area contributed by atoms with E-state index in [1.165, 1.54) is 64.2 Å². The van der Waals surface area contributed by atoms with Crippen LogP contribution in [0.15, 0.2) is 48.6 Å². The molecule has 0 heterocycles. The zero-order chi connectivity index (χ0) is 42.2. The Balaban J connectivity index is 4.40. The van der Waals surface area contributed by atoms with E-state index in [0.29, 0.717) is 25.7 Å². The number of phosphoric ester groups is 1. The average molecular weight is 829 g/mol. The van der Waals surface area contributed by atoms with E-state index in [9.17, 15) is 29.3 Å². The largest absolute Gasteiger partial charge is 0.472 e. The number of carbonyl (C=O) groups is 2. The Hall–Kier alpha value is -2.11. The van der Waals surface area contributed by atoms with E-state index >= 15 is 0 Å². The van der Waals surface area contributed by atoms with Gasteiger partial charge in [-0.2, -0.15) is 0 Å². The second-order valence-electron chi connectivity index (χ2n) is 15.4. The summed E-state index contributed by atoms with van der Waals surface area (Å²) in [6.45, 7) is 4.44. The lowest BCUT2D eigenvalue weighted by atomic mass is 10.0. The Labute approximate surface area is 346 Å². The van der Waals surface area contributed by atoms with Gasteiger partial charge in [-0.1, -0.05) is 159 Å². The topological polar surface area (TPSA) is 169 Å². The number of rotatable bonds is 40. The molecular weight excluding hydrogens is 747 g/mol. The van der Waals surface area contributed by atoms with Gasteiger partial charge in [0.25, 0.3) is 0 Å². The number of carbonyl (C=O) groups excluding carboxylic acids is 2. The summed E-state index contributed by atoms with van der Waals surface area (Å²) < 4.78 is 32.6. The maximum absolute atomic E-state index is 12.6. The van der Waals surface area contributed by atoms with Crippen LogP contribution >= 0.6 is 7.82 Å². The molecule has 0 amide bonds. The summed E-state index contributed by atoms with van der Waals surface area (Å²) in [5.41, 5.74) is 0. The van der Waals surface area contributed by atoms with Crippen molar-refractivity contribution in [3.05, 3.63) is 48.6 Å². The molecule has 0 saturated carbocycles. The van der Waals surface area contributed by atoms with Gasteiger partial charge >= 0.3 is 19.8 Å². The van der Waals surface area contributed by atoms with Crippen molar-refractivity contribution in [1.29, 1.82) is 0 Å². The molecule has 57 heavy (non-hydrogen) atoms. The monoisotopic (exact) mass is 829 g/mol. The summed E-state index contributed by atoms with van der Waals surface area (Å²) in [4.78, 5) is 35.0. The van der Waals surface area contributed by atoms with Crippen LogP contribution in [0, 0.1) is 5.92 Å². The molecule has 0 spiro atoms. The Morgan fingerprint density at radius 2 is 1.09 bits per heavy atom. The third kappa shape index (κ3) is 40.5. The number of unbranched alkanes of at least 4 members (excludes halogenated alkanes) is 13. The standard InChI is InChI=1S/C45H81O11P/c1-4-31-41(47)33-28-24-20-16-12-8-6-10-14-18-22-26-30-35-45(50)56-43(39-55-57(51,52)54-37-42(48)36-46)38-53-44(49)34-29-25-21-17-13-9-5-7-11-15-19-23-27-32-40(2)3/h6,10,12,16,18,22,24,28,40-43,46-48H,4-5,7-9,11,13-15,17,19-21,23,25-27,29-39H2,1-3H3,(H,51,52)/b10-6-,16-12-,22-18-,28-24-/t41?,42-,43+/m0/s1. The molecule has 0 aliphatic rings. The Morgan fingerprint density at radius 1 is 0.596 bits per heavy atom. The smallest absolute Gasteiger partial charge is 0.462 e. The maximum Gasteiger partial charge on any atom is 0.472 e. The first-order valence-corrected chi connectivity index (χ1v) is 23.5. The van der Waals surface area contributed by atoms with Gasteiger partial charge in [-0.25, -0.2) is 4.57 Å². The Bertz CT molecular complexity index is 1120. The molecule has 2 unspecified atom stereocenters. The lowest BCUT2D eigenvalue weighted by Gasteiger charge is -2.20. The van der Waals surface area contributed by atoms with Gasteiger partial charge in [-0.3, -0.25) is 18.6 Å². The molecule has 11 nitrogen and oxygen atoms in total. The molecule has 0 rings (SSSR count). The fourth-order valence-corrected chi connectivity index (χ4v) is 6.62. The quantitative estimate of drug-likeness (QED) is 0.0201. The number of esters is 2. The minimum atomic E-state index is -4.64. The van der Waals surface area contributed by atoms with Crippen LogP contribution < -0.4 is 0 Å². The summed E-state index contributed by atoms with van der Waals surface area (Å²) >= 11 is 0. The number of hydrogen-bond acceptors (Lipinski definition) is 10. The van der Waals surface area contributed by atoms with E-state index in [2.05, 4.69) is 55.7 Å². The van der Waals surface area contributed by atoms with Crippen molar-refractivity contribution >= 4 is 19.8 Å². The van der Waals surface area contributed by atoms with Crippen LogP contribution in [0.5, 0.6) is 0 Å². The second-order valence-corrected chi connectivity index (χ2v) is 16.8. The predicted octanol–water partition coefficient (Wildman–Crippen LogP) is 10.6. The normalized spacial score (nSPS) is 14.9. The van der Waals surface area contributed by atoms with Gasteiger partial charge in [0.05, 0.1) is 25.9 Å². The van der Waals surface area contributed by atoms with E-state index in [4.69, 9.17) is 19.1 Å². The number of hydrogen-bond donors (Lipinski definition) is 4. The maximum atomic E-state index is 12.6. The number of aliphatic hydroxyl groups is 3. The molecule has 4 N–H and O–H groups in total. The number of ether oxygens (including phenoxy) is 2. The molecule has 0 aromatic heterocycles. The SMILES string of the molecule is CCCC(O)C/C=C\C/C=C\C/C=C\C/C=C\CCCC(=O)O[C@H](COC(=O)CCCCCCCCCCCCCCCC(C)C)COP(=O)(O)OC[C@@H](O)CO. The summed E-state index contributed by atoms with van der Waals surface area (Å²) in [6, 6.07) is 0. The highest BCUT2D eigenvalue weighted by Gasteiger charge is 2.27. The first-order chi connectivity index (χ1) is 27.5. The first kappa shape index (κ1) is 54.9. The number of allylic oxidation sites excluding steroid dienone is 7. The van der Waals surface area contributed by atoms with Crippen LogP contribution in [0.1, 0.15) is 175 Å². The fourth-order valence-electron chi connectivity index (χ4n) is 5.83. The third-order valence-corrected chi connectivity index (χ3v) is 10.2. The van der Waals surface area contributed by atoms with Gasteiger partial charge in [0.2, 0.25) is 0 Å². The minimum Gasteiger partial charge on any atom is -0.462 e. The van der Waals surface area contributed by atoms with Crippen molar-refractivity contribution in [3.63, 3.8) is 0 Å². The summed E-state index contributed by atoms with van der Waals surface area (Å²) in [7, 11) is -4.64. The molecule has 4 atom stereocenters. The van der Waals surface area contributed by atoms with Crippen molar-refractivity contribution in [1.82, 2.24) is 0 Å².